The van der Waals surface area contributed by atoms with Gasteiger partial charge < -0.3 is 9.80 Å². The normalized spacial score (nSPS) is 14.8. The highest BCUT2D eigenvalue weighted by Crippen LogP contribution is 2.11. The summed E-state index contributed by atoms with van der Waals surface area (Å²) in [6, 6.07) is 17.4. The van der Waals surface area contributed by atoms with Crippen molar-refractivity contribution in [1.82, 2.24) is 9.80 Å². The van der Waals surface area contributed by atoms with Crippen molar-refractivity contribution in [3.05, 3.63) is 77.4 Å². The number of nitrogens with zero attached hydrogens (tertiary/aromatic N) is 2. The maximum atomic E-state index is 12.5. The molecule has 0 bridgehead atoms. The molecule has 0 spiro atoms. The minimum atomic E-state index is -0.00807. The zero-order valence-corrected chi connectivity index (χ0v) is 14.4. The van der Waals surface area contributed by atoms with Gasteiger partial charge in [-0.2, -0.15) is 0 Å². The van der Waals surface area contributed by atoms with Crippen LogP contribution in [0.25, 0.3) is 6.08 Å². The molecule has 0 aromatic heterocycles. The summed E-state index contributed by atoms with van der Waals surface area (Å²) in [4.78, 5) is 28.4. The lowest BCUT2D eigenvalue weighted by atomic mass is 10.1. The molecule has 1 aliphatic heterocycles. The Hall–Kier alpha value is -2.88. The lowest BCUT2D eigenvalue weighted by Crippen LogP contribution is -2.50. The standard InChI is InChI=1S/C21H22N2O2/c1-17-7-10-19(11-8-17)21(25)23-15-13-22(14-16-23)20(24)12-9-18-5-3-2-4-6-18/h2-12H,13-16H2,1H3/b12-9+. The van der Waals surface area contributed by atoms with Crippen LogP contribution in [-0.2, 0) is 4.79 Å². The Bertz CT molecular complexity index is 758. The molecule has 25 heavy (non-hydrogen) atoms. The number of amides is 2. The van der Waals surface area contributed by atoms with Gasteiger partial charge in [-0.05, 0) is 30.7 Å². The Balaban J connectivity index is 1.54. The van der Waals surface area contributed by atoms with E-state index >= 15 is 0 Å². The summed E-state index contributed by atoms with van der Waals surface area (Å²) in [7, 11) is 0. The first-order valence-corrected chi connectivity index (χ1v) is 8.51. The molecular weight excluding hydrogens is 312 g/mol. The van der Waals surface area contributed by atoms with Gasteiger partial charge in [-0.3, -0.25) is 9.59 Å². The van der Waals surface area contributed by atoms with Crippen molar-refractivity contribution in [3.63, 3.8) is 0 Å². The van der Waals surface area contributed by atoms with Crippen LogP contribution < -0.4 is 0 Å². The zero-order valence-electron chi connectivity index (χ0n) is 14.4. The van der Waals surface area contributed by atoms with Gasteiger partial charge in [0.2, 0.25) is 5.91 Å². The van der Waals surface area contributed by atoms with Crippen LogP contribution in [0.4, 0.5) is 0 Å². The highest BCUT2D eigenvalue weighted by atomic mass is 16.2. The van der Waals surface area contributed by atoms with Gasteiger partial charge in [0, 0.05) is 37.8 Å². The number of hydrogen-bond acceptors (Lipinski definition) is 2. The topological polar surface area (TPSA) is 40.6 Å². The summed E-state index contributed by atoms with van der Waals surface area (Å²) in [6.07, 6.45) is 3.43. The van der Waals surface area contributed by atoms with E-state index in [1.54, 1.807) is 11.0 Å². The molecule has 1 aliphatic rings. The van der Waals surface area contributed by atoms with E-state index in [9.17, 15) is 9.59 Å². The molecule has 0 aliphatic carbocycles. The van der Waals surface area contributed by atoms with E-state index in [4.69, 9.17) is 0 Å². The third kappa shape index (κ3) is 4.35. The molecule has 1 fully saturated rings. The molecule has 0 unspecified atom stereocenters. The summed E-state index contributed by atoms with van der Waals surface area (Å²) < 4.78 is 0. The Kier molecular flexibility index (Phi) is 5.29. The maximum Gasteiger partial charge on any atom is 0.253 e. The fourth-order valence-corrected chi connectivity index (χ4v) is 2.85. The molecule has 1 saturated heterocycles. The van der Waals surface area contributed by atoms with Gasteiger partial charge in [0.25, 0.3) is 5.91 Å². The number of carbonyl (C=O) groups excluding carboxylic acids is 2. The first-order chi connectivity index (χ1) is 12.1. The molecule has 2 aromatic rings. The quantitative estimate of drug-likeness (QED) is 0.810. The average Bonchev–Trinajstić information content (AvgIpc) is 2.67. The van der Waals surface area contributed by atoms with E-state index in [1.165, 1.54) is 0 Å². The van der Waals surface area contributed by atoms with Gasteiger partial charge in [-0.15, -0.1) is 0 Å². The van der Waals surface area contributed by atoms with Crippen LogP contribution in [0.3, 0.4) is 0 Å². The summed E-state index contributed by atoms with van der Waals surface area (Å²) >= 11 is 0. The van der Waals surface area contributed by atoms with Crippen molar-refractivity contribution in [1.29, 1.82) is 0 Å². The lowest BCUT2D eigenvalue weighted by Gasteiger charge is -2.34. The molecule has 128 valence electrons. The van der Waals surface area contributed by atoms with Crippen LogP contribution in [-0.4, -0.2) is 47.8 Å². The SMILES string of the molecule is Cc1ccc(C(=O)N2CCN(C(=O)/C=C/c3ccccc3)CC2)cc1. The summed E-state index contributed by atoms with van der Waals surface area (Å²) in [6.45, 7) is 4.27. The molecule has 4 nitrogen and oxygen atoms in total. The summed E-state index contributed by atoms with van der Waals surface area (Å²) in [5, 5.41) is 0. The Labute approximate surface area is 148 Å². The third-order valence-corrected chi connectivity index (χ3v) is 4.40. The van der Waals surface area contributed by atoms with Crippen LogP contribution in [0.15, 0.2) is 60.7 Å². The van der Waals surface area contributed by atoms with E-state index in [2.05, 4.69) is 0 Å². The molecule has 0 radical (unpaired) electrons. The number of piperazine rings is 1. The number of rotatable bonds is 3. The second-order valence-electron chi connectivity index (χ2n) is 6.23. The highest BCUT2D eigenvalue weighted by molar-refractivity contribution is 5.95. The van der Waals surface area contributed by atoms with Crippen molar-refractivity contribution < 1.29 is 9.59 Å². The van der Waals surface area contributed by atoms with E-state index in [0.29, 0.717) is 31.7 Å². The number of benzene rings is 2. The average molecular weight is 334 g/mol. The first-order valence-electron chi connectivity index (χ1n) is 8.51. The fraction of sp³-hybridized carbons (Fsp3) is 0.238. The van der Waals surface area contributed by atoms with Crippen LogP contribution in [0, 0.1) is 6.92 Å². The van der Waals surface area contributed by atoms with Crippen LogP contribution in [0.2, 0.25) is 0 Å². The van der Waals surface area contributed by atoms with Crippen molar-refractivity contribution in [2.24, 2.45) is 0 Å². The fourth-order valence-electron chi connectivity index (χ4n) is 2.85. The molecule has 1 heterocycles. The smallest absolute Gasteiger partial charge is 0.253 e. The second kappa shape index (κ2) is 7.79. The second-order valence-corrected chi connectivity index (χ2v) is 6.23. The van der Waals surface area contributed by atoms with E-state index in [1.807, 2.05) is 72.5 Å². The van der Waals surface area contributed by atoms with Gasteiger partial charge in [0.05, 0.1) is 0 Å². The Morgan fingerprint density at radius 2 is 1.44 bits per heavy atom. The highest BCUT2D eigenvalue weighted by Gasteiger charge is 2.23. The minimum absolute atomic E-state index is 0.00807. The number of aryl methyl sites for hydroxylation is 1. The van der Waals surface area contributed by atoms with Gasteiger partial charge in [0.15, 0.2) is 0 Å². The Morgan fingerprint density at radius 1 is 0.840 bits per heavy atom. The first kappa shape index (κ1) is 17.0. The maximum absolute atomic E-state index is 12.5. The van der Waals surface area contributed by atoms with E-state index in [-0.39, 0.29) is 11.8 Å². The van der Waals surface area contributed by atoms with E-state index < -0.39 is 0 Å². The third-order valence-electron chi connectivity index (χ3n) is 4.40. The number of carbonyl (C=O) groups is 2. The zero-order chi connectivity index (χ0) is 17.6. The molecule has 3 rings (SSSR count). The van der Waals surface area contributed by atoms with Gasteiger partial charge in [0.1, 0.15) is 0 Å². The Morgan fingerprint density at radius 3 is 2.08 bits per heavy atom. The van der Waals surface area contributed by atoms with Gasteiger partial charge >= 0.3 is 0 Å². The van der Waals surface area contributed by atoms with Gasteiger partial charge in [-0.25, -0.2) is 0 Å². The van der Waals surface area contributed by atoms with Gasteiger partial charge in [-0.1, -0.05) is 48.0 Å². The van der Waals surface area contributed by atoms with Crippen molar-refractivity contribution >= 4 is 17.9 Å². The van der Waals surface area contributed by atoms with Crippen LogP contribution in [0.5, 0.6) is 0 Å². The molecule has 0 atom stereocenters. The van der Waals surface area contributed by atoms with Crippen molar-refractivity contribution in [2.45, 2.75) is 6.92 Å². The largest absolute Gasteiger partial charge is 0.336 e. The lowest BCUT2D eigenvalue weighted by molar-refractivity contribution is -0.127. The number of hydrogen-bond donors (Lipinski definition) is 0. The molecule has 4 heteroatoms. The monoisotopic (exact) mass is 334 g/mol. The molecule has 0 saturated carbocycles. The van der Waals surface area contributed by atoms with Crippen molar-refractivity contribution in [2.75, 3.05) is 26.2 Å². The predicted octanol–water partition coefficient (Wildman–Crippen LogP) is 2.99. The van der Waals surface area contributed by atoms with Crippen molar-refractivity contribution in [3.8, 4) is 0 Å². The van der Waals surface area contributed by atoms with Crippen LogP contribution in [0.1, 0.15) is 21.5 Å². The molecule has 0 N–H and O–H groups in total. The molecule has 2 aromatic carbocycles. The summed E-state index contributed by atoms with van der Waals surface area (Å²) in [5.74, 6) is 0.0261. The molecular formula is C21H22N2O2. The minimum Gasteiger partial charge on any atom is -0.336 e. The molecule has 2 amide bonds. The van der Waals surface area contributed by atoms with E-state index in [0.717, 1.165) is 11.1 Å². The summed E-state index contributed by atoms with van der Waals surface area (Å²) in [5.41, 5.74) is 2.84. The predicted molar refractivity (Wildman–Crippen MR) is 99.1 cm³/mol. The van der Waals surface area contributed by atoms with Crippen LogP contribution >= 0.6 is 0 Å².